The van der Waals surface area contributed by atoms with Crippen LogP contribution in [-0.4, -0.2) is 39.5 Å². The van der Waals surface area contributed by atoms with Gasteiger partial charge in [0.1, 0.15) is 17.7 Å². The van der Waals surface area contributed by atoms with Crippen molar-refractivity contribution in [3.63, 3.8) is 0 Å². The molecule has 0 spiro atoms. The number of aromatic amines is 1. The van der Waals surface area contributed by atoms with Gasteiger partial charge in [0, 0.05) is 25.7 Å². The minimum absolute atomic E-state index is 0.177. The van der Waals surface area contributed by atoms with Gasteiger partial charge in [0.15, 0.2) is 0 Å². The third-order valence-electron chi connectivity index (χ3n) is 3.53. The average molecular weight is 304 g/mol. The molecular weight excluding hydrogens is 287 g/mol. The molecule has 0 aromatic carbocycles. The lowest BCUT2D eigenvalue weighted by molar-refractivity contribution is -0.0355. The predicted octanol–water partition coefficient (Wildman–Crippen LogP) is 1.19. The number of hydrogen-bond acceptors (Lipinski definition) is 5. The van der Waals surface area contributed by atoms with Crippen molar-refractivity contribution in [1.29, 1.82) is 0 Å². The molecule has 0 bridgehead atoms. The zero-order valence-electron chi connectivity index (χ0n) is 12.3. The van der Waals surface area contributed by atoms with Crippen LogP contribution in [0.4, 0.5) is 4.39 Å². The Labute approximate surface area is 127 Å². The number of pyridine rings is 1. The molecule has 0 saturated carbocycles. The molecule has 1 aliphatic rings. The van der Waals surface area contributed by atoms with Gasteiger partial charge in [0.25, 0.3) is 5.56 Å². The number of H-pyrrole nitrogens is 1. The number of halogens is 1. The van der Waals surface area contributed by atoms with Crippen molar-refractivity contribution in [2.24, 2.45) is 0 Å². The van der Waals surface area contributed by atoms with Crippen LogP contribution >= 0.6 is 0 Å². The van der Waals surface area contributed by atoms with Gasteiger partial charge in [-0.05, 0) is 19.1 Å². The first-order valence-corrected chi connectivity index (χ1v) is 7.12. The summed E-state index contributed by atoms with van der Waals surface area (Å²) >= 11 is 0. The van der Waals surface area contributed by atoms with Crippen LogP contribution in [0.3, 0.4) is 0 Å². The third-order valence-corrected chi connectivity index (χ3v) is 3.53. The van der Waals surface area contributed by atoms with Gasteiger partial charge in [0.2, 0.25) is 0 Å². The van der Waals surface area contributed by atoms with E-state index < -0.39 is 0 Å². The van der Waals surface area contributed by atoms with Crippen molar-refractivity contribution < 1.29 is 9.13 Å². The van der Waals surface area contributed by atoms with Gasteiger partial charge >= 0.3 is 0 Å². The lowest BCUT2D eigenvalue weighted by Gasteiger charge is -2.32. The molecule has 116 valence electrons. The maximum absolute atomic E-state index is 12.9. The third kappa shape index (κ3) is 3.55. The summed E-state index contributed by atoms with van der Waals surface area (Å²) in [7, 11) is 0. The summed E-state index contributed by atoms with van der Waals surface area (Å²) in [5, 5.41) is 0. The van der Waals surface area contributed by atoms with Gasteiger partial charge in [0.05, 0.1) is 24.2 Å². The number of nitrogens with one attached hydrogen (secondary N) is 1. The Hall–Kier alpha value is -2.12. The summed E-state index contributed by atoms with van der Waals surface area (Å²) in [6, 6.07) is 4.55. The fraction of sp³-hybridized carbons (Fsp3) is 0.400. The van der Waals surface area contributed by atoms with E-state index in [-0.39, 0.29) is 17.5 Å². The van der Waals surface area contributed by atoms with Crippen LogP contribution in [0.2, 0.25) is 0 Å². The first-order valence-electron chi connectivity index (χ1n) is 7.12. The van der Waals surface area contributed by atoms with E-state index in [0.29, 0.717) is 31.2 Å². The molecule has 7 heteroatoms. The van der Waals surface area contributed by atoms with Crippen LogP contribution in [0.5, 0.6) is 0 Å². The van der Waals surface area contributed by atoms with E-state index in [1.165, 1.54) is 18.3 Å². The minimum atomic E-state index is -0.341. The highest BCUT2D eigenvalue weighted by Crippen LogP contribution is 2.20. The highest BCUT2D eigenvalue weighted by atomic mass is 19.1. The maximum atomic E-state index is 12.9. The monoisotopic (exact) mass is 304 g/mol. The summed E-state index contributed by atoms with van der Waals surface area (Å²) in [6.07, 6.45) is 0.977. The van der Waals surface area contributed by atoms with Crippen LogP contribution in [-0.2, 0) is 11.3 Å². The van der Waals surface area contributed by atoms with E-state index in [1.54, 1.807) is 13.0 Å². The summed E-state index contributed by atoms with van der Waals surface area (Å²) in [5.41, 5.74) is 1.26. The van der Waals surface area contributed by atoms with E-state index in [4.69, 9.17) is 4.74 Å². The molecule has 3 rings (SSSR count). The summed E-state index contributed by atoms with van der Waals surface area (Å²) in [6.45, 7) is 4.29. The average Bonchev–Trinajstić information content (AvgIpc) is 2.49. The first kappa shape index (κ1) is 14.8. The van der Waals surface area contributed by atoms with Gasteiger partial charge in [-0.3, -0.25) is 14.7 Å². The van der Waals surface area contributed by atoms with Gasteiger partial charge in [-0.1, -0.05) is 0 Å². The van der Waals surface area contributed by atoms with Crippen LogP contribution in [0.25, 0.3) is 0 Å². The second kappa shape index (κ2) is 6.33. The van der Waals surface area contributed by atoms with E-state index in [9.17, 15) is 9.18 Å². The molecule has 1 fully saturated rings. The number of hydrogen-bond donors (Lipinski definition) is 1. The Bertz CT molecular complexity index is 701. The lowest BCUT2D eigenvalue weighted by Crippen LogP contribution is -2.38. The lowest BCUT2D eigenvalue weighted by atomic mass is 10.2. The Morgan fingerprint density at radius 1 is 1.50 bits per heavy atom. The molecular formula is C15H17FN4O2. The van der Waals surface area contributed by atoms with Crippen molar-refractivity contribution in [3.8, 4) is 0 Å². The minimum Gasteiger partial charge on any atom is -0.369 e. The number of rotatable bonds is 3. The van der Waals surface area contributed by atoms with Crippen molar-refractivity contribution in [2.45, 2.75) is 19.6 Å². The Balaban J connectivity index is 1.71. The smallest absolute Gasteiger partial charge is 0.251 e. The molecule has 2 aromatic heterocycles. The second-order valence-electron chi connectivity index (χ2n) is 5.32. The fourth-order valence-electron chi connectivity index (χ4n) is 2.52. The number of aryl methyl sites for hydroxylation is 1. The van der Waals surface area contributed by atoms with Crippen LogP contribution in [0, 0.1) is 12.7 Å². The van der Waals surface area contributed by atoms with Crippen LogP contribution in [0.1, 0.15) is 23.3 Å². The maximum Gasteiger partial charge on any atom is 0.251 e. The van der Waals surface area contributed by atoms with Gasteiger partial charge in [-0.25, -0.2) is 9.37 Å². The van der Waals surface area contributed by atoms with Crippen molar-refractivity contribution in [3.05, 3.63) is 57.8 Å². The van der Waals surface area contributed by atoms with E-state index in [0.717, 1.165) is 12.2 Å². The fourth-order valence-corrected chi connectivity index (χ4v) is 2.52. The predicted molar refractivity (Wildman–Crippen MR) is 77.8 cm³/mol. The van der Waals surface area contributed by atoms with E-state index in [2.05, 4.69) is 19.9 Å². The SMILES string of the molecule is Cc1nc([C@@H]2CN(Cc3ccc(F)cn3)CCO2)cc(=O)[nH]1. The Kier molecular flexibility index (Phi) is 4.26. The van der Waals surface area contributed by atoms with Gasteiger partial charge < -0.3 is 9.72 Å². The number of morpholine rings is 1. The van der Waals surface area contributed by atoms with Crippen molar-refractivity contribution >= 4 is 0 Å². The largest absolute Gasteiger partial charge is 0.369 e. The van der Waals surface area contributed by atoms with Gasteiger partial charge in [-0.2, -0.15) is 0 Å². The highest BCUT2D eigenvalue weighted by molar-refractivity contribution is 5.09. The zero-order valence-corrected chi connectivity index (χ0v) is 12.3. The van der Waals surface area contributed by atoms with E-state index in [1.807, 2.05) is 0 Å². The summed E-state index contributed by atoms with van der Waals surface area (Å²) in [5.74, 6) is 0.232. The standard InChI is InChI=1S/C15H17FN4O2/c1-10-18-13(6-15(21)19-10)14-9-20(4-5-22-14)8-12-3-2-11(16)7-17-12/h2-3,6-7,14H,4-5,8-9H2,1H3,(H,18,19,21)/t14-/m0/s1. The Morgan fingerprint density at radius 3 is 3.09 bits per heavy atom. The molecule has 0 aliphatic carbocycles. The molecule has 1 saturated heterocycles. The van der Waals surface area contributed by atoms with E-state index >= 15 is 0 Å². The highest BCUT2D eigenvalue weighted by Gasteiger charge is 2.24. The summed E-state index contributed by atoms with van der Waals surface area (Å²) < 4.78 is 18.6. The molecule has 0 unspecified atom stereocenters. The van der Waals surface area contributed by atoms with Crippen molar-refractivity contribution in [1.82, 2.24) is 19.9 Å². The number of ether oxygens (including phenoxy) is 1. The molecule has 3 heterocycles. The zero-order chi connectivity index (χ0) is 15.5. The normalized spacial score (nSPS) is 19.3. The quantitative estimate of drug-likeness (QED) is 0.922. The molecule has 0 amide bonds. The molecule has 22 heavy (non-hydrogen) atoms. The Morgan fingerprint density at radius 2 is 2.36 bits per heavy atom. The number of nitrogens with zero attached hydrogens (tertiary/aromatic N) is 3. The second-order valence-corrected chi connectivity index (χ2v) is 5.32. The molecule has 2 aromatic rings. The van der Waals surface area contributed by atoms with Crippen LogP contribution < -0.4 is 5.56 Å². The molecule has 1 aliphatic heterocycles. The van der Waals surface area contributed by atoms with Crippen LogP contribution in [0.15, 0.2) is 29.2 Å². The first-order chi connectivity index (χ1) is 10.6. The summed E-state index contributed by atoms with van der Waals surface area (Å²) in [4.78, 5) is 24.7. The molecule has 0 radical (unpaired) electrons. The van der Waals surface area contributed by atoms with Crippen molar-refractivity contribution in [2.75, 3.05) is 19.7 Å². The molecule has 6 nitrogen and oxygen atoms in total. The molecule has 1 atom stereocenters. The topological polar surface area (TPSA) is 71.1 Å². The molecule has 1 N–H and O–H groups in total. The number of aromatic nitrogens is 3. The van der Waals surface area contributed by atoms with Gasteiger partial charge in [-0.15, -0.1) is 0 Å².